The van der Waals surface area contributed by atoms with Crippen LogP contribution in [-0.2, 0) is 14.6 Å². The minimum atomic E-state index is -3.29. The van der Waals surface area contributed by atoms with Crippen LogP contribution >= 0.6 is 27.5 Å². The molecule has 150 valence electrons. The van der Waals surface area contributed by atoms with Gasteiger partial charge in [0.05, 0.1) is 10.6 Å². The highest BCUT2D eigenvalue weighted by Gasteiger charge is 2.50. The minimum Gasteiger partial charge on any atom is -0.299 e. The molecule has 3 saturated carbocycles. The first-order chi connectivity index (χ1) is 12.7. The van der Waals surface area contributed by atoms with Gasteiger partial charge in [0.2, 0.25) is 0 Å². The van der Waals surface area contributed by atoms with E-state index in [2.05, 4.69) is 15.9 Å². The van der Waals surface area contributed by atoms with Crippen molar-refractivity contribution in [3.05, 3.63) is 28.7 Å². The Morgan fingerprint density at radius 2 is 1.59 bits per heavy atom. The molecule has 3 aliphatic rings. The number of sulfone groups is 1. The van der Waals surface area contributed by atoms with Crippen molar-refractivity contribution >= 4 is 43.2 Å². The van der Waals surface area contributed by atoms with E-state index in [1.54, 1.807) is 24.3 Å². The molecule has 0 aliphatic heterocycles. The highest BCUT2D eigenvalue weighted by Crippen LogP contribution is 2.59. The molecular weight excluding hydrogens is 448 g/mol. The smallest absolute Gasteiger partial charge is 0.178 e. The Kier molecular flexibility index (Phi) is 6.44. The van der Waals surface area contributed by atoms with Crippen molar-refractivity contribution in [1.29, 1.82) is 0 Å². The van der Waals surface area contributed by atoms with Gasteiger partial charge in [0.25, 0.3) is 0 Å². The fourth-order valence-electron chi connectivity index (χ4n) is 4.82. The maximum atomic E-state index is 12.9. The Hall–Kier alpha value is -0.390. The van der Waals surface area contributed by atoms with Crippen molar-refractivity contribution in [2.75, 3.05) is 11.6 Å². The molecule has 0 radical (unpaired) electrons. The first kappa shape index (κ1) is 21.3. The van der Waals surface area contributed by atoms with Crippen molar-refractivity contribution in [2.45, 2.75) is 63.2 Å². The van der Waals surface area contributed by atoms with Gasteiger partial charge in [0, 0.05) is 22.7 Å². The lowest BCUT2D eigenvalue weighted by Gasteiger charge is -2.53. The number of rotatable bonds is 8. The van der Waals surface area contributed by atoms with Gasteiger partial charge in [-0.25, -0.2) is 8.42 Å². The second-order valence-corrected chi connectivity index (χ2v) is 12.0. The van der Waals surface area contributed by atoms with E-state index in [4.69, 9.17) is 11.6 Å². The van der Waals surface area contributed by atoms with E-state index in [1.165, 1.54) is 0 Å². The van der Waals surface area contributed by atoms with Gasteiger partial charge < -0.3 is 0 Å². The summed E-state index contributed by atoms with van der Waals surface area (Å²) < 4.78 is 26.7. The predicted octanol–water partition coefficient (Wildman–Crippen LogP) is 5.79. The van der Waals surface area contributed by atoms with Crippen molar-refractivity contribution in [1.82, 2.24) is 0 Å². The van der Waals surface area contributed by atoms with Gasteiger partial charge in [-0.2, -0.15) is 0 Å². The van der Waals surface area contributed by atoms with Crippen LogP contribution in [0.4, 0.5) is 0 Å². The molecule has 3 aliphatic carbocycles. The standard InChI is InChI=1S/C21H28BrClO3S/c1-16(6-13-23)19(24)14-20-7-10-21(11-8-20,12-9-20)15-27(25,26)18-4-2-17(22)3-5-18/h2-5,16H,6-15H2,1H3. The summed E-state index contributed by atoms with van der Waals surface area (Å²) >= 11 is 9.14. The third kappa shape index (κ3) is 4.79. The number of benzene rings is 1. The molecular formula is C21H28BrClO3S. The van der Waals surface area contributed by atoms with Gasteiger partial charge >= 0.3 is 0 Å². The lowest BCUT2D eigenvalue weighted by atomic mass is 9.53. The van der Waals surface area contributed by atoms with Crippen LogP contribution < -0.4 is 0 Å². The average molecular weight is 476 g/mol. The first-order valence-corrected chi connectivity index (χ1v) is 12.7. The zero-order valence-electron chi connectivity index (χ0n) is 15.8. The summed E-state index contributed by atoms with van der Waals surface area (Å²) in [6, 6.07) is 6.93. The average Bonchev–Trinajstić information content (AvgIpc) is 2.63. The Morgan fingerprint density at radius 3 is 2.11 bits per heavy atom. The number of carbonyl (C=O) groups is 1. The molecule has 1 unspecified atom stereocenters. The molecule has 1 aromatic carbocycles. The third-order valence-corrected chi connectivity index (χ3v) is 9.60. The molecule has 0 spiro atoms. The summed E-state index contributed by atoms with van der Waals surface area (Å²) in [5.74, 6) is 1.11. The summed E-state index contributed by atoms with van der Waals surface area (Å²) in [7, 11) is -3.29. The van der Waals surface area contributed by atoms with Crippen molar-refractivity contribution in [3.8, 4) is 0 Å². The first-order valence-electron chi connectivity index (χ1n) is 9.76. The quantitative estimate of drug-likeness (QED) is 0.447. The molecule has 0 saturated heterocycles. The highest BCUT2D eigenvalue weighted by atomic mass is 79.9. The van der Waals surface area contributed by atoms with E-state index in [0.717, 1.165) is 49.4 Å². The molecule has 27 heavy (non-hydrogen) atoms. The van der Waals surface area contributed by atoms with Gasteiger partial charge in [-0.15, -0.1) is 11.6 Å². The second kappa shape index (κ2) is 8.16. The van der Waals surface area contributed by atoms with Crippen LogP contribution in [0, 0.1) is 16.7 Å². The molecule has 6 heteroatoms. The molecule has 3 nitrogen and oxygen atoms in total. The molecule has 0 N–H and O–H groups in total. The minimum absolute atomic E-state index is 0.0308. The van der Waals surface area contributed by atoms with Crippen molar-refractivity contribution < 1.29 is 13.2 Å². The zero-order chi connectivity index (χ0) is 19.7. The predicted molar refractivity (Wildman–Crippen MR) is 113 cm³/mol. The topological polar surface area (TPSA) is 51.2 Å². The number of fused-ring (bicyclic) bond motifs is 3. The number of halogens is 2. The molecule has 0 aromatic heterocycles. The largest absolute Gasteiger partial charge is 0.299 e. The molecule has 0 heterocycles. The van der Waals surface area contributed by atoms with E-state index in [-0.39, 0.29) is 22.5 Å². The van der Waals surface area contributed by atoms with Crippen LogP contribution in [0.1, 0.15) is 58.3 Å². The van der Waals surface area contributed by atoms with E-state index < -0.39 is 9.84 Å². The van der Waals surface area contributed by atoms with Gasteiger partial charge in [0.15, 0.2) is 9.84 Å². The van der Waals surface area contributed by atoms with Crippen LogP contribution in [0.3, 0.4) is 0 Å². The van der Waals surface area contributed by atoms with Crippen molar-refractivity contribution in [2.24, 2.45) is 16.7 Å². The van der Waals surface area contributed by atoms with Gasteiger partial charge in [-0.3, -0.25) is 4.79 Å². The monoisotopic (exact) mass is 474 g/mol. The Labute approximate surface area is 176 Å². The van der Waals surface area contributed by atoms with E-state index in [1.807, 2.05) is 6.92 Å². The van der Waals surface area contributed by atoms with E-state index >= 15 is 0 Å². The Bertz CT molecular complexity index is 764. The fraction of sp³-hybridized carbons (Fsp3) is 0.667. The fourth-order valence-corrected chi connectivity index (χ4v) is 7.37. The molecule has 0 amide bonds. The summed E-state index contributed by atoms with van der Waals surface area (Å²) in [5.41, 5.74) is -0.0146. The number of ketones is 1. The lowest BCUT2D eigenvalue weighted by molar-refractivity contribution is -0.127. The van der Waals surface area contributed by atoms with Gasteiger partial charge in [-0.1, -0.05) is 22.9 Å². The van der Waals surface area contributed by atoms with Crippen LogP contribution in [-0.4, -0.2) is 25.8 Å². The molecule has 3 fully saturated rings. The number of carbonyl (C=O) groups excluding carboxylic acids is 1. The van der Waals surface area contributed by atoms with Crippen LogP contribution in [0.15, 0.2) is 33.6 Å². The van der Waals surface area contributed by atoms with Gasteiger partial charge in [-0.05, 0) is 80.0 Å². The molecule has 4 rings (SSSR count). The van der Waals surface area contributed by atoms with E-state index in [9.17, 15) is 13.2 Å². The Balaban J connectivity index is 1.65. The number of hydrogen-bond acceptors (Lipinski definition) is 3. The number of hydrogen-bond donors (Lipinski definition) is 0. The molecule has 1 atom stereocenters. The normalized spacial score (nSPS) is 28.9. The highest BCUT2D eigenvalue weighted by molar-refractivity contribution is 9.10. The maximum Gasteiger partial charge on any atom is 0.178 e. The van der Waals surface area contributed by atoms with Crippen LogP contribution in [0.25, 0.3) is 0 Å². The lowest BCUT2D eigenvalue weighted by Crippen LogP contribution is -2.46. The second-order valence-electron chi connectivity index (χ2n) is 8.73. The summed E-state index contributed by atoms with van der Waals surface area (Å²) in [5, 5.41) is 0. The number of Topliss-reactive ketones (excluding diaryl/α,β-unsaturated/α-hetero) is 1. The Morgan fingerprint density at radius 1 is 1.07 bits per heavy atom. The van der Waals surface area contributed by atoms with Crippen molar-refractivity contribution in [3.63, 3.8) is 0 Å². The van der Waals surface area contributed by atoms with E-state index in [0.29, 0.717) is 23.0 Å². The maximum absolute atomic E-state index is 12.9. The van der Waals surface area contributed by atoms with Gasteiger partial charge in [0.1, 0.15) is 5.78 Å². The zero-order valence-corrected chi connectivity index (χ0v) is 19.0. The number of alkyl halides is 1. The third-order valence-electron chi connectivity index (χ3n) is 6.87. The summed E-state index contributed by atoms with van der Waals surface area (Å²) in [6.07, 6.45) is 7.05. The molecule has 2 bridgehead atoms. The van der Waals surface area contributed by atoms with Crippen LogP contribution in [0.5, 0.6) is 0 Å². The molecule has 1 aromatic rings. The summed E-state index contributed by atoms with van der Waals surface area (Å²) in [4.78, 5) is 13.0. The van der Waals surface area contributed by atoms with Crippen LogP contribution in [0.2, 0.25) is 0 Å². The summed E-state index contributed by atoms with van der Waals surface area (Å²) in [6.45, 7) is 1.97. The SMILES string of the molecule is CC(CCCl)C(=O)CC12CCC(CS(=O)(=O)c3ccc(Br)cc3)(CC1)CC2.